The Labute approximate surface area is 126 Å². The van der Waals surface area contributed by atoms with Crippen LogP contribution in [0.1, 0.15) is 0 Å². The van der Waals surface area contributed by atoms with Crippen molar-refractivity contribution in [3.63, 3.8) is 0 Å². The highest BCUT2D eigenvalue weighted by atomic mass is 16.5. The number of benzene rings is 1. The Balaban J connectivity index is 1.89. The number of oxazole rings is 1. The maximum atomic E-state index is 5.40. The molecule has 1 aromatic carbocycles. The minimum absolute atomic E-state index is 0.439. The lowest BCUT2D eigenvalue weighted by Gasteiger charge is -2.10. The van der Waals surface area contributed by atoms with Gasteiger partial charge in [0, 0.05) is 18.8 Å². The number of nitrogens with one attached hydrogen (secondary N) is 2. The van der Waals surface area contributed by atoms with Crippen LogP contribution in [0.25, 0.3) is 11.3 Å². The van der Waals surface area contributed by atoms with E-state index in [9.17, 15) is 0 Å². The fourth-order valence-corrected chi connectivity index (χ4v) is 1.93. The normalized spacial score (nSPS) is 10.3. The first kappa shape index (κ1) is 13.8. The van der Waals surface area contributed by atoms with Crippen molar-refractivity contribution in [2.24, 2.45) is 0 Å². The smallest absolute Gasteiger partial charge is 0.231 e. The van der Waals surface area contributed by atoms with E-state index >= 15 is 0 Å². The largest absolute Gasteiger partial charge is 0.496 e. The number of rotatable bonds is 5. The molecular weight excluding hydrogens is 284 g/mol. The first-order valence-electron chi connectivity index (χ1n) is 6.51. The average Bonchev–Trinajstić information content (AvgIpc) is 3.09. The van der Waals surface area contributed by atoms with Crippen molar-refractivity contribution in [1.82, 2.24) is 19.9 Å². The van der Waals surface area contributed by atoms with Gasteiger partial charge in [0.15, 0.2) is 12.2 Å². The third kappa shape index (κ3) is 2.80. The van der Waals surface area contributed by atoms with Crippen LogP contribution in [0.5, 0.6) is 5.75 Å². The van der Waals surface area contributed by atoms with Crippen molar-refractivity contribution in [3.05, 3.63) is 37.1 Å². The first-order valence-corrected chi connectivity index (χ1v) is 6.51. The monoisotopic (exact) mass is 298 g/mol. The van der Waals surface area contributed by atoms with Crippen molar-refractivity contribution < 1.29 is 9.15 Å². The van der Waals surface area contributed by atoms with Crippen LogP contribution in [-0.2, 0) is 0 Å². The molecule has 0 spiro atoms. The summed E-state index contributed by atoms with van der Waals surface area (Å²) in [5, 5.41) is 5.95. The van der Waals surface area contributed by atoms with E-state index in [0.29, 0.717) is 23.4 Å². The van der Waals surface area contributed by atoms with Gasteiger partial charge in [-0.15, -0.1) is 0 Å². The van der Waals surface area contributed by atoms with Crippen LogP contribution < -0.4 is 15.4 Å². The fraction of sp³-hybridized carbons (Fsp3) is 0.143. The molecule has 0 unspecified atom stereocenters. The lowest BCUT2D eigenvalue weighted by Crippen LogP contribution is -2.02. The molecule has 0 aliphatic carbocycles. The lowest BCUT2D eigenvalue weighted by molar-refractivity contribution is 0.415. The minimum atomic E-state index is 0.439. The summed E-state index contributed by atoms with van der Waals surface area (Å²) >= 11 is 0. The van der Waals surface area contributed by atoms with Crippen LogP contribution in [0.3, 0.4) is 0 Å². The molecule has 3 rings (SSSR count). The van der Waals surface area contributed by atoms with E-state index in [4.69, 9.17) is 9.15 Å². The van der Waals surface area contributed by atoms with Crippen molar-refractivity contribution in [2.75, 3.05) is 24.8 Å². The van der Waals surface area contributed by atoms with Gasteiger partial charge in [0.25, 0.3) is 0 Å². The topological polar surface area (TPSA) is 98.0 Å². The third-order valence-corrected chi connectivity index (χ3v) is 2.95. The molecule has 8 nitrogen and oxygen atoms in total. The molecule has 0 atom stereocenters. The molecule has 8 heteroatoms. The Morgan fingerprint density at radius 2 is 2.05 bits per heavy atom. The molecule has 2 N–H and O–H groups in total. The predicted octanol–water partition coefficient (Wildman–Crippen LogP) is 2.32. The molecule has 2 aromatic heterocycles. The van der Waals surface area contributed by atoms with Crippen LogP contribution in [0.15, 0.2) is 41.5 Å². The van der Waals surface area contributed by atoms with E-state index in [1.807, 2.05) is 18.2 Å². The highest BCUT2D eigenvalue weighted by molar-refractivity contribution is 5.70. The zero-order valence-electron chi connectivity index (χ0n) is 12.1. The molecule has 3 aromatic rings. The van der Waals surface area contributed by atoms with Crippen LogP contribution in [0.4, 0.5) is 17.6 Å². The Morgan fingerprint density at radius 3 is 2.77 bits per heavy atom. The number of hydrogen-bond donors (Lipinski definition) is 2. The second kappa shape index (κ2) is 6.08. The van der Waals surface area contributed by atoms with Gasteiger partial charge in [0.2, 0.25) is 11.9 Å². The van der Waals surface area contributed by atoms with Crippen LogP contribution >= 0.6 is 0 Å². The molecule has 112 valence electrons. The number of ether oxygens (including phenoxy) is 1. The molecule has 0 saturated heterocycles. The molecule has 0 aliphatic rings. The zero-order chi connectivity index (χ0) is 15.4. The highest BCUT2D eigenvalue weighted by Gasteiger charge is 2.10. The SMILES string of the molecule is CNc1ncnc(Nc2ccc(-c3cnco3)c(OC)c2)n1. The van der Waals surface area contributed by atoms with E-state index in [-0.39, 0.29) is 0 Å². The second-order valence-corrected chi connectivity index (χ2v) is 4.29. The standard InChI is InChI=1S/C14H14N6O2/c1-15-13-17-7-18-14(20-13)19-9-3-4-10(11(5-9)21-2)12-6-16-8-22-12/h3-8H,1-2H3,(H2,15,17,18,19,20). The molecule has 0 fully saturated rings. The van der Waals surface area contributed by atoms with Gasteiger partial charge in [0.1, 0.15) is 12.1 Å². The molecule has 0 radical (unpaired) electrons. The van der Waals surface area contributed by atoms with Gasteiger partial charge in [-0.1, -0.05) is 0 Å². The first-order chi connectivity index (χ1) is 10.8. The van der Waals surface area contributed by atoms with Crippen molar-refractivity contribution in [1.29, 1.82) is 0 Å². The number of hydrogen-bond acceptors (Lipinski definition) is 8. The van der Waals surface area contributed by atoms with Gasteiger partial charge in [-0.3, -0.25) is 0 Å². The summed E-state index contributed by atoms with van der Waals surface area (Å²) in [6.45, 7) is 0. The third-order valence-electron chi connectivity index (χ3n) is 2.95. The number of aromatic nitrogens is 4. The van der Waals surface area contributed by atoms with Crippen molar-refractivity contribution in [2.45, 2.75) is 0 Å². The van der Waals surface area contributed by atoms with Crippen molar-refractivity contribution >= 4 is 17.6 Å². The van der Waals surface area contributed by atoms with Crippen LogP contribution in [-0.4, -0.2) is 34.1 Å². The highest BCUT2D eigenvalue weighted by Crippen LogP contribution is 2.32. The number of anilines is 3. The van der Waals surface area contributed by atoms with Crippen LogP contribution in [0.2, 0.25) is 0 Å². The fourth-order valence-electron chi connectivity index (χ4n) is 1.93. The Bertz CT molecular complexity index is 760. The summed E-state index contributed by atoms with van der Waals surface area (Å²) in [7, 11) is 3.34. The van der Waals surface area contributed by atoms with Crippen molar-refractivity contribution in [3.8, 4) is 17.1 Å². The van der Waals surface area contributed by atoms with E-state index in [2.05, 4.69) is 30.6 Å². The second-order valence-electron chi connectivity index (χ2n) is 4.29. The van der Waals surface area contributed by atoms with Gasteiger partial charge in [-0.05, 0) is 12.1 Å². The van der Waals surface area contributed by atoms with Gasteiger partial charge in [-0.2, -0.15) is 4.98 Å². The van der Waals surface area contributed by atoms with E-state index < -0.39 is 0 Å². The van der Waals surface area contributed by atoms with Gasteiger partial charge in [0.05, 0.1) is 18.9 Å². The Hall–Kier alpha value is -3.16. The van der Waals surface area contributed by atoms with Gasteiger partial charge >= 0.3 is 0 Å². The summed E-state index contributed by atoms with van der Waals surface area (Å²) in [5.41, 5.74) is 1.60. The lowest BCUT2D eigenvalue weighted by atomic mass is 10.1. The Morgan fingerprint density at radius 1 is 1.18 bits per heavy atom. The predicted molar refractivity (Wildman–Crippen MR) is 81.1 cm³/mol. The molecule has 0 amide bonds. The summed E-state index contributed by atoms with van der Waals surface area (Å²) < 4.78 is 10.7. The Kier molecular flexibility index (Phi) is 3.82. The summed E-state index contributed by atoms with van der Waals surface area (Å²) in [5.74, 6) is 2.22. The molecular formula is C14H14N6O2. The molecule has 0 aliphatic heterocycles. The van der Waals surface area contributed by atoms with Gasteiger partial charge in [-0.25, -0.2) is 15.0 Å². The summed E-state index contributed by atoms with van der Waals surface area (Å²) in [4.78, 5) is 16.1. The zero-order valence-corrected chi connectivity index (χ0v) is 12.1. The van der Waals surface area contributed by atoms with E-state index in [1.54, 1.807) is 20.4 Å². The molecule has 0 saturated carbocycles. The minimum Gasteiger partial charge on any atom is -0.496 e. The quantitative estimate of drug-likeness (QED) is 0.740. The number of methoxy groups -OCH3 is 1. The maximum Gasteiger partial charge on any atom is 0.231 e. The summed E-state index contributed by atoms with van der Waals surface area (Å²) in [6.07, 6.45) is 4.45. The average molecular weight is 298 g/mol. The molecule has 22 heavy (non-hydrogen) atoms. The van der Waals surface area contributed by atoms with E-state index in [1.165, 1.54) is 12.7 Å². The van der Waals surface area contributed by atoms with E-state index in [0.717, 1.165) is 11.3 Å². The molecule has 0 bridgehead atoms. The van der Waals surface area contributed by atoms with Gasteiger partial charge < -0.3 is 19.8 Å². The summed E-state index contributed by atoms with van der Waals surface area (Å²) in [6, 6.07) is 5.59. The van der Waals surface area contributed by atoms with Crippen LogP contribution in [0, 0.1) is 0 Å². The molecule has 2 heterocycles. The number of nitrogens with zero attached hydrogens (tertiary/aromatic N) is 4. The maximum absolute atomic E-state index is 5.40.